The number of carbonyl (C=O) groups is 1. The minimum atomic E-state index is -4.50. The Morgan fingerprint density at radius 1 is 1.28 bits per heavy atom. The standard InChI is InChI=1S/C12H14F3NO2/c1-2-9-5-3-4-6-10(9)7-16-11(17)18-8-12(13,14)15/h3-6H,2,7-8H2,1H3,(H,16,17). The summed E-state index contributed by atoms with van der Waals surface area (Å²) < 4.78 is 39.4. The second-order valence-corrected chi connectivity index (χ2v) is 3.67. The van der Waals surface area contributed by atoms with Gasteiger partial charge in [-0.2, -0.15) is 13.2 Å². The van der Waals surface area contributed by atoms with Crippen LogP contribution < -0.4 is 5.32 Å². The monoisotopic (exact) mass is 261 g/mol. The van der Waals surface area contributed by atoms with E-state index in [2.05, 4.69) is 10.1 Å². The molecule has 0 bridgehead atoms. The van der Waals surface area contributed by atoms with Gasteiger partial charge in [-0.05, 0) is 17.5 Å². The maximum absolute atomic E-state index is 11.8. The number of alkyl halides is 3. The number of aryl methyl sites for hydroxylation is 1. The number of benzene rings is 1. The van der Waals surface area contributed by atoms with Crippen molar-refractivity contribution in [2.45, 2.75) is 26.1 Å². The second-order valence-electron chi connectivity index (χ2n) is 3.67. The van der Waals surface area contributed by atoms with Crippen LogP contribution in [-0.2, 0) is 17.7 Å². The molecule has 0 saturated heterocycles. The summed E-state index contributed by atoms with van der Waals surface area (Å²) in [5.74, 6) is 0. The van der Waals surface area contributed by atoms with E-state index in [0.717, 1.165) is 17.5 Å². The molecule has 1 aromatic rings. The summed E-state index contributed by atoms with van der Waals surface area (Å²) in [5, 5.41) is 2.29. The Balaban J connectivity index is 2.43. The summed E-state index contributed by atoms with van der Waals surface area (Å²) in [4.78, 5) is 11.0. The van der Waals surface area contributed by atoms with Crippen molar-refractivity contribution >= 4 is 6.09 Å². The topological polar surface area (TPSA) is 38.3 Å². The number of amides is 1. The number of halogens is 3. The van der Waals surface area contributed by atoms with Crippen LogP contribution in [0.25, 0.3) is 0 Å². The maximum Gasteiger partial charge on any atom is 0.422 e. The van der Waals surface area contributed by atoms with Gasteiger partial charge in [-0.1, -0.05) is 31.2 Å². The van der Waals surface area contributed by atoms with Crippen molar-refractivity contribution in [1.82, 2.24) is 5.32 Å². The molecule has 0 radical (unpaired) electrons. The predicted molar refractivity (Wildman–Crippen MR) is 60.1 cm³/mol. The smallest absolute Gasteiger partial charge is 0.422 e. The molecule has 6 heteroatoms. The van der Waals surface area contributed by atoms with E-state index in [1.54, 1.807) is 6.07 Å². The summed E-state index contributed by atoms with van der Waals surface area (Å²) >= 11 is 0. The summed E-state index contributed by atoms with van der Waals surface area (Å²) in [5.41, 5.74) is 1.90. The molecule has 0 spiro atoms. The number of rotatable bonds is 4. The van der Waals surface area contributed by atoms with Crippen molar-refractivity contribution < 1.29 is 22.7 Å². The van der Waals surface area contributed by atoms with Gasteiger partial charge in [-0.3, -0.25) is 0 Å². The lowest BCUT2D eigenvalue weighted by atomic mass is 10.1. The highest BCUT2D eigenvalue weighted by Crippen LogP contribution is 2.14. The summed E-state index contributed by atoms with van der Waals surface area (Å²) in [6, 6.07) is 7.38. The van der Waals surface area contributed by atoms with Crippen LogP contribution >= 0.6 is 0 Å². The number of ether oxygens (including phenoxy) is 1. The fourth-order valence-electron chi connectivity index (χ4n) is 1.44. The zero-order valence-electron chi connectivity index (χ0n) is 9.88. The van der Waals surface area contributed by atoms with Crippen molar-refractivity contribution in [3.63, 3.8) is 0 Å². The molecule has 18 heavy (non-hydrogen) atoms. The third-order valence-corrected chi connectivity index (χ3v) is 2.29. The molecular weight excluding hydrogens is 247 g/mol. The van der Waals surface area contributed by atoms with Crippen LogP contribution in [0.15, 0.2) is 24.3 Å². The Bertz CT molecular complexity index is 405. The van der Waals surface area contributed by atoms with E-state index in [1.807, 2.05) is 25.1 Å². The minimum absolute atomic E-state index is 0.153. The van der Waals surface area contributed by atoms with E-state index in [-0.39, 0.29) is 6.54 Å². The lowest BCUT2D eigenvalue weighted by Gasteiger charge is -2.11. The highest BCUT2D eigenvalue weighted by atomic mass is 19.4. The molecule has 1 aromatic carbocycles. The molecule has 1 N–H and O–H groups in total. The number of hydrogen-bond acceptors (Lipinski definition) is 2. The zero-order valence-corrected chi connectivity index (χ0v) is 9.88. The quantitative estimate of drug-likeness (QED) is 0.904. The molecule has 0 aliphatic heterocycles. The second kappa shape index (κ2) is 6.28. The summed E-state index contributed by atoms with van der Waals surface area (Å²) in [7, 11) is 0. The molecule has 0 aliphatic rings. The fraction of sp³-hybridized carbons (Fsp3) is 0.417. The van der Waals surface area contributed by atoms with Crippen molar-refractivity contribution in [1.29, 1.82) is 0 Å². The maximum atomic E-state index is 11.8. The SMILES string of the molecule is CCc1ccccc1CNC(=O)OCC(F)(F)F. The van der Waals surface area contributed by atoms with Gasteiger partial charge >= 0.3 is 12.3 Å². The van der Waals surface area contributed by atoms with Gasteiger partial charge in [-0.25, -0.2) is 4.79 Å². The Kier molecular flexibility index (Phi) is 5.00. The third kappa shape index (κ3) is 5.07. The molecule has 0 unspecified atom stereocenters. The average Bonchev–Trinajstić information content (AvgIpc) is 2.33. The Morgan fingerprint density at radius 3 is 2.44 bits per heavy atom. The number of nitrogens with one attached hydrogen (secondary N) is 1. The van der Waals surface area contributed by atoms with E-state index in [4.69, 9.17) is 0 Å². The summed E-state index contributed by atoms with van der Waals surface area (Å²) in [6.07, 6.45) is -4.79. The van der Waals surface area contributed by atoms with Crippen molar-refractivity contribution in [2.75, 3.05) is 6.61 Å². The van der Waals surface area contributed by atoms with Gasteiger partial charge in [0.2, 0.25) is 0 Å². The first-order chi connectivity index (χ1) is 8.42. The molecular formula is C12H14F3NO2. The van der Waals surface area contributed by atoms with Crippen LogP contribution in [0.1, 0.15) is 18.1 Å². The molecule has 0 atom stereocenters. The van der Waals surface area contributed by atoms with Crippen LogP contribution in [0.3, 0.4) is 0 Å². The molecule has 0 fully saturated rings. The Hall–Kier alpha value is -1.72. The summed E-state index contributed by atoms with van der Waals surface area (Å²) in [6.45, 7) is 0.537. The molecule has 3 nitrogen and oxygen atoms in total. The van der Waals surface area contributed by atoms with Crippen molar-refractivity contribution in [3.8, 4) is 0 Å². The average molecular weight is 261 g/mol. The van der Waals surface area contributed by atoms with E-state index < -0.39 is 18.9 Å². The van der Waals surface area contributed by atoms with Crippen LogP contribution in [0, 0.1) is 0 Å². The van der Waals surface area contributed by atoms with Crippen molar-refractivity contribution in [3.05, 3.63) is 35.4 Å². The first-order valence-electron chi connectivity index (χ1n) is 5.46. The van der Waals surface area contributed by atoms with Gasteiger partial charge < -0.3 is 10.1 Å². The highest BCUT2D eigenvalue weighted by Gasteiger charge is 2.29. The largest absolute Gasteiger partial charge is 0.440 e. The first-order valence-corrected chi connectivity index (χ1v) is 5.46. The van der Waals surface area contributed by atoms with E-state index in [9.17, 15) is 18.0 Å². The zero-order chi connectivity index (χ0) is 13.6. The van der Waals surface area contributed by atoms with E-state index >= 15 is 0 Å². The Morgan fingerprint density at radius 2 is 1.89 bits per heavy atom. The molecule has 0 saturated carbocycles. The molecule has 1 rings (SSSR count). The minimum Gasteiger partial charge on any atom is -0.440 e. The van der Waals surface area contributed by atoms with Gasteiger partial charge in [0.1, 0.15) is 0 Å². The highest BCUT2D eigenvalue weighted by molar-refractivity contribution is 5.67. The van der Waals surface area contributed by atoms with Gasteiger partial charge in [0.25, 0.3) is 0 Å². The predicted octanol–water partition coefficient (Wildman–Crippen LogP) is 3.04. The van der Waals surface area contributed by atoms with Gasteiger partial charge in [0.05, 0.1) is 0 Å². The molecule has 0 aliphatic carbocycles. The van der Waals surface area contributed by atoms with Gasteiger partial charge in [-0.15, -0.1) is 0 Å². The van der Waals surface area contributed by atoms with Gasteiger partial charge in [0, 0.05) is 6.54 Å². The van der Waals surface area contributed by atoms with Crippen molar-refractivity contribution in [2.24, 2.45) is 0 Å². The van der Waals surface area contributed by atoms with Crippen LogP contribution in [0.4, 0.5) is 18.0 Å². The molecule has 100 valence electrons. The molecule has 0 heterocycles. The Labute approximate surface area is 103 Å². The molecule has 1 amide bonds. The normalized spacial score (nSPS) is 11.1. The van der Waals surface area contributed by atoms with Crippen LogP contribution in [-0.4, -0.2) is 18.9 Å². The number of hydrogen-bond donors (Lipinski definition) is 1. The first kappa shape index (κ1) is 14.3. The van der Waals surface area contributed by atoms with E-state index in [0.29, 0.717) is 0 Å². The van der Waals surface area contributed by atoms with Gasteiger partial charge in [0.15, 0.2) is 6.61 Å². The number of alkyl carbamates (subject to hydrolysis) is 1. The third-order valence-electron chi connectivity index (χ3n) is 2.29. The fourth-order valence-corrected chi connectivity index (χ4v) is 1.44. The molecule has 0 aromatic heterocycles. The lowest BCUT2D eigenvalue weighted by Crippen LogP contribution is -2.28. The van der Waals surface area contributed by atoms with E-state index in [1.165, 1.54) is 0 Å². The van der Waals surface area contributed by atoms with Crippen LogP contribution in [0.5, 0.6) is 0 Å². The van der Waals surface area contributed by atoms with Crippen LogP contribution in [0.2, 0.25) is 0 Å². The lowest BCUT2D eigenvalue weighted by molar-refractivity contribution is -0.160. The number of carbonyl (C=O) groups excluding carboxylic acids is 1.